The van der Waals surface area contributed by atoms with Gasteiger partial charge in [-0.2, -0.15) is 4.98 Å². The summed E-state index contributed by atoms with van der Waals surface area (Å²) in [6.07, 6.45) is 6.37. The summed E-state index contributed by atoms with van der Waals surface area (Å²) in [5.41, 5.74) is 1.94. The minimum Gasteiger partial charge on any atom is -0.493 e. The number of benzene rings is 1. The number of fused-ring (bicyclic) bond motifs is 1. The van der Waals surface area contributed by atoms with E-state index < -0.39 is 0 Å². The summed E-state index contributed by atoms with van der Waals surface area (Å²) < 4.78 is 14.2. The number of aryl methyl sites for hydroxylation is 1. The Morgan fingerprint density at radius 2 is 2.03 bits per heavy atom. The number of hydrogen-bond donors (Lipinski definition) is 0. The van der Waals surface area contributed by atoms with Crippen molar-refractivity contribution in [3.8, 4) is 23.0 Å². The lowest BCUT2D eigenvalue weighted by Gasteiger charge is -2.12. The molecule has 0 bridgehead atoms. The maximum absolute atomic E-state index is 6.77. The predicted molar refractivity (Wildman–Crippen MR) is 139 cm³/mol. The fraction of sp³-hybridized carbons (Fsp3) is 0.440. The molecule has 0 aliphatic heterocycles. The number of aromatic nitrogens is 5. The Bertz CT molecular complexity index is 1350. The first-order valence-corrected chi connectivity index (χ1v) is 12.9. The van der Waals surface area contributed by atoms with E-state index in [-0.39, 0.29) is 5.60 Å². The molecule has 1 aromatic carbocycles. The average molecular weight is 513 g/mol. The number of halogens is 1. The van der Waals surface area contributed by atoms with Crippen molar-refractivity contribution in [3.63, 3.8) is 0 Å². The van der Waals surface area contributed by atoms with E-state index in [1.165, 1.54) is 6.33 Å². The lowest BCUT2D eigenvalue weighted by Crippen LogP contribution is -2.15. The van der Waals surface area contributed by atoms with Crippen LogP contribution in [0.2, 0.25) is 5.02 Å². The number of rotatable bonds is 10. The molecule has 1 fully saturated rings. The standard InChI is InChI=1S/C25H29ClN6O2S/c1-16-13-27-20(35-16)14-32-22(18-7-6-17(12-19(18)26)33-11-5-10-31(3)4)30-21-23(32)28-15-29-24(21)34-25(2)8-9-25/h6-7,12-13,15H,5,8-11,14H2,1-4H3. The van der Waals surface area contributed by atoms with Crippen LogP contribution in [0.4, 0.5) is 0 Å². The SMILES string of the molecule is Cc1cnc(Cn2c(-c3ccc(OCCCN(C)C)cc3Cl)nc3c(OC4(C)CC4)ncnc32)s1. The predicted octanol–water partition coefficient (Wildman–Crippen LogP) is 5.22. The minimum absolute atomic E-state index is 0.180. The fourth-order valence-corrected chi connectivity index (χ4v) is 4.84. The van der Waals surface area contributed by atoms with E-state index in [1.807, 2.05) is 35.9 Å². The maximum Gasteiger partial charge on any atom is 0.245 e. The van der Waals surface area contributed by atoms with Gasteiger partial charge >= 0.3 is 0 Å². The molecule has 0 radical (unpaired) electrons. The van der Waals surface area contributed by atoms with E-state index in [9.17, 15) is 0 Å². The van der Waals surface area contributed by atoms with Crippen LogP contribution in [-0.4, -0.2) is 62.3 Å². The average Bonchev–Trinajstić information content (AvgIpc) is 3.21. The molecule has 8 nitrogen and oxygen atoms in total. The smallest absolute Gasteiger partial charge is 0.245 e. The minimum atomic E-state index is -0.180. The second kappa shape index (κ2) is 9.72. The first-order chi connectivity index (χ1) is 16.8. The van der Waals surface area contributed by atoms with Crippen molar-refractivity contribution in [1.29, 1.82) is 0 Å². The third-order valence-corrected chi connectivity index (χ3v) is 7.17. The van der Waals surface area contributed by atoms with Crippen LogP contribution in [0, 0.1) is 6.92 Å². The zero-order valence-electron chi connectivity index (χ0n) is 20.4. The van der Waals surface area contributed by atoms with E-state index in [2.05, 4.69) is 40.9 Å². The highest BCUT2D eigenvalue weighted by Crippen LogP contribution is 2.41. The Labute approximate surface area is 213 Å². The topological polar surface area (TPSA) is 78.2 Å². The molecule has 3 aromatic heterocycles. The molecule has 0 amide bonds. The van der Waals surface area contributed by atoms with Crippen LogP contribution in [0.25, 0.3) is 22.6 Å². The summed E-state index contributed by atoms with van der Waals surface area (Å²) in [4.78, 5) is 21.8. The van der Waals surface area contributed by atoms with Gasteiger partial charge in [0.05, 0.1) is 18.2 Å². The first kappa shape index (κ1) is 24.0. The van der Waals surface area contributed by atoms with Gasteiger partial charge in [-0.05, 0) is 65.4 Å². The van der Waals surface area contributed by atoms with E-state index in [0.29, 0.717) is 41.0 Å². The van der Waals surface area contributed by atoms with Gasteiger partial charge in [0, 0.05) is 23.2 Å². The van der Waals surface area contributed by atoms with E-state index in [1.54, 1.807) is 11.3 Å². The molecule has 4 aromatic rings. The molecule has 1 aliphatic rings. The van der Waals surface area contributed by atoms with Crippen LogP contribution in [-0.2, 0) is 6.54 Å². The third-order valence-electron chi connectivity index (χ3n) is 5.96. The van der Waals surface area contributed by atoms with Crippen molar-refractivity contribution in [2.45, 2.75) is 45.3 Å². The zero-order valence-corrected chi connectivity index (χ0v) is 22.0. The van der Waals surface area contributed by atoms with Gasteiger partial charge in [0.15, 0.2) is 11.2 Å². The van der Waals surface area contributed by atoms with Crippen LogP contribution in [0.1, 0.15) is 36.1 Å². The largest absolute Gasteiger partial charge is 0.493 e. The highest BCUT2D eigenvalue weighted by atomic mass is 35.5. The van der Waals surface area contributed by atoms with Crippen LogP contribution in [0.5, 0.6) is 11.6 Å². The van der Waals surface area contributed by atoms with Crippen molar-refractivity contribution >= 4 is 34.1 Å². The van der Waals surface area contributed by atoms with Gasteiger partial charge in [0.25, 0.3) is 0 Å². The second-order valence-corrected chi connectivity index (χ2v) is 11.2. The van der Waals surface area contributed by atoms with E-state index in [0.717, 1.165) is 47.0 Å². The molecule has 0 saturated heterocycles. The molecule has 0 N–H and O–H groups in total. The molecular formula is C25H29ClN6O2S. The molecule has 1 saturated carbocycles. The first-order valence-electron chi connectivity index (χ1n) is 11.7. The summed E-state index contributed by atoms with van der Waals surface area (Å²) in [5, 5.41) is 1.53. The summed E-state index contributed by atoms with van der Waals surface area (Å²) in [6.45, 7) is 6.26. The highest BCUT2D eigenvalue weighted by molar-refractivity contribution is 7.11. The molecule has 0 atom stereocenters. The molecule has 0 unspecified atom stereocenters. The van der Waals surface area contributed by atoms with Gasteiger partial charge in [-0.15, -0.1) is 11.3 Å². The van der Waals surface area contributed by atoms with E-state index >= 15 is 0 Å². The summed E-state index contributed by atoms with van der Waals surface area (Å²) in [5.74, 6) is 1.94. The Hall–Kier alpha value is -2.75. The van der Waals surface area contributed by atoms with Crippen LogP contribution >= 0.6 is 22.9 Å². The van der Waals surface area contributed by atoms with Crippen LogP contribution in [0.15, 0.2) is 30.7 Å². The lowest BCUT2D eigenvalue weighted by molar-refractivity contribution is 0.194. The summed E-state index contributed by atoms with van der Waals surface area (Å²) in [6, 6.07) is 5.73. The van der Waals surface area contributed by atoms with Gasteiger partial charge in [-0.1, -0.05) is 11.6 Å². The Morgan fingerprint density at radius 1 is 1.20 bits per heavy atom. The number of ether oxygens (including phenoxy) is 2. The molecule has 35 heavy (non-hydrogen) atoms. The number of imidazole rings is 1. The van der Waals surface area contributed by atoms with Gasteiger partial charge in [-0.3, -0.25) is 0 Å². The van der Waals surface area contributed by atoms with Crippen molar-refractivity contribution in [3.05, 3.63) is 45.6 Å². The highest BCUT2D eigenvalue weighted by Gasteiger charge is 2.41. The van der Waals surface area contributed by atoms with E-state index in [4.69, 9.17) is 26.1 Å². The van der Waals surface area contributed by atoms with Crippen LogP contribution in [0.3, 0.4) is 0 Å². The van der Waals surface area contributed by atoms with Gasteiger partial charge < -0.3 is 18.9 Å². The van der Waals surface area contributed by atoms with Crippen molar-refractivity contribution < 1.29 is 9.47 Å². The normalized spacial score (nSPS) is 14.6. The molecule has 5 rings (SSSR count). The fourth-order valence-electron chi connectivity index (χ4n) is 3.80. The lowest BCUT2D eigenvalue weighted by atomic mass is 10.2. The quantitative estimate of drug-likeness (QED) is 0.269. The molecule has 184 valence electrons. The number of hydrogen-bond acceptors (Lipinski definition) is 8. The molecular weight excluding hydrogens is 484 g/mol. The summed E-state index contributed by atoms with van der Waals surface area (Å²) >= 11 is 8.42. The second-order valence-electron chi connectivity index (χ2n) is 9.44. The number of thiazole rings is 1. The molecule has 3 heterocycles. The molecule has 1 aliphatic carbocycles. The zero-order chi connectivity index (χ0) is 24.6. The number of nitrogens with zero attached hydrogens (tertiary/aromatic N) is 6. The maximum atomic E-state index is 6.77. The summed E-state index contributed by atoms with van der Waals surface area (Å²) in [7, 11) is 4.10. The monoisotopic (exact) mass is 512 g/mol. The van der Waals surface area contributed by atoms with Crippen LogP contribution < -0.4 is 9.47 Å². The van der Waals surface area contributed by atoms with Gasteiger partial charge in [0.2, 0.25) is 5.88 Å². The van der Waals surface area contributed by atoms with Gasteiger partial charge in [0.1, 0.15) is 28.5 Å². The van der Waals surface area contributed by atoms with Crippen molar-refractivity contribution in [2.75, 3.05) is 27.2 Å². The Balaban J connectivity index is 1.51. The Kier molecular flexibility index (Phi) is 6.65. The van der Waals surface area contributed by atoms with Gasteiger partial charge in [-0.25, -0.2) is 15.0 Å². The van der Waals surface area contributed by atoms with Crippen molar-refractivity contribution in [2.24, 2.45) is 0 Å². The molecule has 10 heteroatoms. The third kappa shape index (κ3) is 5.42. The molecule has 0 spiro atoms. The van der Waals surface area contributed by atoms with Crippen molar-refractivity contribution in [1.82, 2.24) is 29.4 Å². The Morgan fingerprint density at radius 3 is 2.71 bits per heavy atom.